The zero-order valence-electron chi connectivity index (χ0n) is 12.2. The molecule has 1 saturated carbocycles. The van der Waals surface area contributed by atoms with Crippen molar-refractivity contribution < 1.29 is 19.8 Å². The van der Waals surface area contributed by atoms with E-state index in [0.717, 1.165) is 0 Å². The van der Waals surface area contributed by atoms with Gasteiger partial charge < -0.3 is 15.1 Å². The number of aliphatic carboxylic acids is 1. The predicted molar refractivity (Wildman–Crippen MR) is 79.2 cm³/mol. The summed E-state index contributed by atoms with van der Waals surface area (Å²) in [6.45, 7) is 2.42. The maximum atomic E-state index is 12.6. The lowest BCUT2D eigenvalue weighted by Crippen LogP contribution is -2.38. The molecule has 1 aliphatic rings. The first kappa shape index (κ1) is 15.4. The summed E-state index contributed by atoms with van der Waals surface area (Å²) in [5.41, 5.74) is 0.683. The molecule has 0 aliphatic heterocycles. The Morgan fingerprint density at radius 1 is 1.19 bits per heavy atom. The normalized spacial score (nSPS) is 21.8. The predicted octanol–water partition coefficient (Wildman–Crippen LogP) is 2.64. The van der Waals surface area contributed by atoms with E-state index in [4.69, 9.17) is 5.11 Å². The Balaban J connectivity index is 2.06. The molecule has 0 bridgehead atoms. The molecule has 0 heterocycles. The lowest BCUT2D eigenvalue weighted by atomic mass is 9.81. The molecule has 114 valence electrons. The van der Waals surface area contributed by atoms with Gasteiger partial charge in [0.2, 0.25) is 5.91 Å². The highest BCUT2D eigenvalue weighted by Gasteiger charge is 2.32. The SMILES string of the molecule is CCN(C(=O)C1CCC(C(=O)O)CC1)c1cccc(O)c1. The smallest absolute Gasteiger partial charge is 0.306 e. The van der Waals surface area contributed by atoms with Gasteiger partial charge in [0.15, 0.2) is 0 Å². The van der Waals surface area contributed by atoms with Crippen molar-refractivity contribution in [1.29, 1.82) is 0 Å². The molecule has 0 saturated heterocycles. The number of amides is 1. The number of carbonyl (C=O) groups is 2. The van der Waals surface area contributed by atoms with Crippen LogP contribution in [0, 0.1) is 11.8 Å². The molecule has 0 atom stereocenters. The molecule has 0 spiro atoms. The van der Waals surface area contributed by atoms with Gasteiger partial charge in [-0.05, 0) is 44.7 Å². The minimum absolute atomic E-state index is 0.0203. The van der Waals surface area contributed by atoms with Crippen LogP contribution in [0.1, 0.15) is 32.6 Å². The van der Waals surface area contributed by atoms with Gasteiger partial charge in [0, 0.05) is 24.2 Å². The van der Waals surface area contributed by atoms with Crippen molar-refractivity contribution in [2.45, 2.75) is 32.6 Å². The van der Waals surface area contributed by atoms with Gasteiger partial charge in [0.25, 0.3) is 0 Å². The van der Waals surface area contributed by atoms with E-state index in [9.17, 15) is 14.7 Å². The summed E-state index contributed by atoms with van der Waals surface area (Å²) < 4.78 is 0. The minimum atomic E-state index is -0.763. The summed E-state index contributed by atoms with van der Waals surface area (Å²) in [5.74, 6) is -1.05. The molecule has 1 aliphatic carbocycles. The van der Waals surface area contributed by atoms with Crippen LogP contribution in [0.4, 0.5) is 5.69 Å². The average molecular weight is 291 g/mol. The quantitative estimate of drug-likeness (QED) is 0.894. The second-order valence-corrected chi connectivity index (χ2v) is 5.49. The standard InChI is InChI=1S/C16H21NO4/c1-2-17(13-4-3-5-14(18)10-13)15(19)11-6-8-12(9-7-11)16(20)21/h3-5,10-12,18H,2,6-9H2,1H3,(H,20,21). The van der Waals surface area contributed by atoms with Gasteiger partial charge in [0.1, 0.15) is 5.75 Å². The fraction of sp³-hybridized carbons (Fsp3) is 0.500. The first-order chi connectivity index (χ1) is 10.0. The molecular formula is C16H21NO4. The molecule has 0 aromatic heterocycles. The van der Waals surface area contributed by atoms with Gasteiger partial charge in [-0.15, -0.1) is 0 Å². The van der Waals surface area contributed by atoms with Crippen molar-refractivity contribution in [1.82, 2.24) is 0 Å². The number of hydrogen-bond donors (Lipinski definition) is 2. The molecule has 1 aromatic carbocycles. The van der Waals surface area contributed by atoms with Crippen LogP contribution in [0.2, 0.25) is 0 Å². The number of nitrogens with zero attached hydrogens (tertiary/aromatic N) is 1. The van der Waals surface area contributed by atoms with Crippen LogP contribution in [-0.2, 0) is 9.59 Å². The summed E-state index contributed by atoms with van der Waals surface area (Å²) >= 11 is 0. The number of anilines is 1. The van der Waals surface area contributed by atoms with E-state index < -0.39 is 5.97 Å². The Bertz CT molecular complexity index is 521. The van der Waals surface area contributed by atoms with Gasteiger partial charge in [-0.1, -0.05) is 6.07 Å². The summed E-state index contributed by atoms with van der Waals surface area (Å²) in [6, 6.07) is 6.65. The van der Waals surface area contributed by atoms with Crippen LogP contribution in [0.15, 0.2) is 24.3 Å². The highest BCUT2D eigenvalue weighted by molar-refractivity contribution is 5.95. The largest absolute Gasteiger partial charge is 0.508 e. The second kappa shape index (κ2) is 6.61. The van der Waals surface area contributed by atoms with Gasteiger partial charge in [-0.25, -0.2) is 0 Å². The topological polar surface area (TPSA) is 77.8 Å². The summed E-state index contributed by atoms with van der Waals surface area (Å²) in [4.78, 5) is 25.2. The molecule has 1 amide bonds. The number of carboxylic acid groups (broad SMARTS) is 1. The highest BCUT2D eigenvalue weighted by Crippen LogP contribution is 2.32. The second-order valence-electron chi connectivity index (χ2n) is 5.49. The third kappa shape index (κ3) is 3.54. The lowest BCUT2D eigenvalue weighted by Gasteiger charge is -2.30. The number of rotatable bonds is 4. The van der Waals surface area contributed by atoms with Crippen molar-refractivity contribution in [3.05, 3.63) is 24.3 Å². The van der Waals surface area contributed by atoms with E-state index >= 15 is 0 Å². The summed E-state index contributed by atoms with van der Waals surface area (Å²) in [6.07, 6.45) is 2.35. The van der Waals surface area contributed by atoms with E-state index in [-0.39, 0.29) is 23.5 Å². The van der Waals surface area contributed by atoms with Crippen LogP contribution in [0.5, 0.6) is 5.75 Å². The van der Waals surface area contributed by atoms with E-state index in [2.05, 4.69) is 0 Å². The molecule has 2 N–H and O–H groups in total. The molecule has 0 unspecified atom stereocenters. The average Bonchev–Trinajstić information content (AvgIpc) is 2.48. The maximum Gasteiger partial charge on any atom is 0.306 e. The molecule has 2 rings (SSSR count). The van der Waals surface area contributed by atoms with E-state index in [1.807, 2.05) is 6.92 Å². The fourth-order valence-corrected chi connectivity index (χ4v) is 2.93. The number of carbonyl (C=O) groups excluding carboxylic acids is 1. The highest BCUT2D eigenvalue weighted by atomic mass is 16.4. The molecule has 1 fully saturated rings. The van der Waals surface area contributed by atoms with Crippen molar-refractivity contribution in [2.24, 2.45) is 11.8 Å². The van der Waals surface area contributed by atoms with E-state index in [1.54, 1.807) is 29.2 Å². The number of benzene rings is 1. The Hall–Kier alpha value is -2.04. The number of carboxylic acids is 1. The summed E-state index contributed by atoms with van der Waals surface area (Å²) in [7, 11) is 0. The van der Waals surface area contributed by atoms with Crippen molar-refractivity contribution in [3.63, 3.8) is 0 Å². The van der Waals surface area contributed by atoms with Crippen molar-refractivity contribution in [3.8, 4) is 5.75 Å². The first-order valence-corrected chi connectivity index (χ1v) is 7.36. The molecule has 5 heteroatoms. The molecule has 5 nitrogen and oxygen atoms in total. The van der Waals surface area contributed by atoms with E-state index in [1.165, 1.54) is 0 Å². The number of phenols is 1. The van der Waals surface area contributed by atoms with Crippen LogP contribution < -0.4 is 4.90 Å². The Morgan fingerprint density at radius 2 is 1.81 bits per heavy atom. The van der Waals surface area contributed by atoms with Gasteiger partial charge in [-0.2, -0.15) is 0 Å². The van der Waals surface area contributed by atoms with Gasteiger partial charge >= 0.3 is 5.97 Å². The zero-order valence-corrected chi connectivity index (χ0v) is 12.2. The van der Waals surface area contributed by atoms with Crippen LogP contribution in [0.3, 0.4) is 0 Å². The van der Waals surface area contributed by atoms with Crippen LogP contribution in [0.25, 0.3) is 0 Å². The number of aromatic hydroxyl groups is 1. The molecule has 21 heavy (non-hydrogen) atoms. The number of hydrogen-bond acceptors (Lipinski definition) is 3. The fourth-order valence-electron chi connectivity index (χ4n) is 2.93. The first-order valence-electron chi connectivity index (χ1n) is 7.36. The Morgan fingerprint density at radius 3 is 2.33 bits per heavy atom. The maximum absolute atomic E-state index is 12.6. The molecule has 0 radical (unpaired) electrons. The van der Waals surface area contributed by atoms with Gasteiger partial charge in [-0.3, -0.25) is 9.59 Å². The summed E-state index contributed by atoms with van der Waals surface area (Å²) in [5, 5.41) is 18.5. The van der Waals surface area contributed by atoms with Gasteiger partial charge in [0.05, 0.1) is 5.92 Å². The third-order valence-electron chi connectivity index (χ3n) is 4.15. The third-order valence-corrected chi connectivity index (χ3v) is 4.15. The molecular weight excluding hydrogens is 270 g/mol. The lowest BCUT2D eigenvalue weighted by molar-refractivity contribution is -0.144. The monoisotopic (exact) mass is 291 g/mol. The van der Waals surface area contributed by atoms with E-state index in [0.29, 0.717) is 37.9 Å². The zero-order chi connectivity index (χ0) is 15.4. The Kier molecular flexibility index (Phi) is 4.83. The minimum Gasteiger partial charge on any atom is -0.508 e. The van der Waals surface area contributed by atoms with Crippen molar-refractivity contribution >= 4 is 17.6 Å². The Labute approximate surface area is 124 Å². The number of phenolic OH excluding ortho intramolecular Hbond substituents is 1. The van der Waals surface area contributed by atoms with Crippen LogP contribution in [-0.4, -0.2) is 28.6 Å². The van der Waals surface area contributed by atoms with Crippen LogP contribution >= 0.6 is 0 Å². The molecule has 1 aromatic rings. The van der Waals surface area contributed by atoms with Crippen molar-refractivity contribution in [2.75, 3.05) is 11.4 Å².